The monoisotopic (exact) mass is 398 g/mol. The van der Waals surface area contributed by atoms with Gasteiger partial charge in [-0.3, -0.25) is 4.79 Å². The number of ether oxygens (including phenoxy) is 2. The Kier molecular flexibility index (Phi) is 7.30. The zero-order valence-electron chi connectivity index (χ0n) is 17.5. The first-order chi connectivity index (χ1) is 14.1. The Labute approximate surface area is 172 Å². The quantitative estimate of drug-likeness (QED) is 0.735. The summed E-state index contributed by atoms with van der Waals surface area (Å²) in [6.07, 6.45) is 2.07. The maximum atomic E-state index is 12.4. The zero-order valence-corrected chi connectivity index (χ0v) is 17.5. The predicted octanol–water partition coefficient (Wildman–Crippen LogP) is 2.10. The first-order valence-electron chi connectivity index (χ1n) is 10.0. The average molecular weight is 399 g/mol. The lowest BCUT2D eigenvalue weighted by Gasteiger charge is -2.34. The van der Waals surface area contributed by atoms with Crippen molar-refractivity contribution in [1.29, 1.82) is 0 Å². The van der Waals surface area contributed by atoms with Crippen LogP contribution in [0.25, 0.3) is 0 Å². The molecule has 0 bridgehead atoms. The summed E-state index contributed by atoms with van der Waals surface area (Å²) >= 11 is 0. The highest BCUT2D eigenvalue weighted by Crippen LogP contribution is 2.24. The molecule has 0 saturated carbocycles. The number of nitrogens with one attached hydrogen (secondary N) is 1. The molecule has 2 aromatic rings. The van der Waals surface area contributed by atoms with Crippen molar-refractivity contribution < 1.29 is 14.3 Å². The molecule has 1 fully saturated rings. The van der Waals surface area contributed by atoms with E-state index >= 15 is 0 Å². The molecular formula is C22H30N4O3. The van der Waals surface area contributed by atoms with Crippen LogP contribution in [0.1, 0.15) is 18.1 Å². The van der Waals surface area contributed by atoms with Gasteiger partial charge >= 0.3 is 0 Å². The number of likely N-dealkylation sites (N-methyl/N-ethyl adjacent to an activating group) is 1. The smallest absolute Gasteiger partial charge is 0.224 e. The Balaban J connectivity index is 1.52. The van der Waals surface area contributed by atoms with Crippen molar-refractivity contribution >= 4 is 11.7 Å². The summed E-state index contributed by atoms with van der Waals surface area (Å²) < 4.78 is 10.6. The second-order valence-corrected chi connectivity index (χ2v) is 7.08. The molecule has 3 rings (SSSR count). The molecular weight excluding hydrogens is 368 g/mol. The number of rotatable bonds is 8. The molecule has 7 heteroatoms. The molecule has 1 aliphatic heterocycles. The van der Waals surface area contributed by atoms with E-state index in [-0.39, 0.29) is 12.3 Å². The summed E-state index contributed by atoms with van der Waals surface area (Å²) in [5.74, 6) is 2.30. The normalized spacial score (nSPS) is 14.5. The molecule has 0 radical (unpaired) electrons. The lowest BCUT2D eigenvalue weighted by Crippen LogP contribution is -2.46. The largest absolute Gasteiger partial charge is 0.497 e. The maximum Gasteiger partial charge on any atom is 0.224 e. The summed E-state index contributed by atoms with van der Waals surface area (Å²) in [6, 6.07) is 9.52. The van der Waals surface area contributed by atoms with Crippen molar-refractivity contribution in [3.8, 4) is 11.5 Å². The number of hydrogen-bond acceptors (Lipinski definition) is 6. The first kappa shape index (κ1) is 20.9. The Morgan fingerprint density at radius 1 is 1.10 bits per heavy atom. The average Bonchev–Trinajstić information content (AvgIpc) is 2.78. The Hall–Kier alpha value is -2.80. The van der Waals surface area contributed by atoms with Gasteiger partial charge in [-0.1, -0.05) is 13.0 Å². The van der Waals surface area contributed by atoms with Gasteiger partial charge in [0.15, 0.2) is 0 Å². The third-order valence-corrected chi connectivity index (χ3v) is 5.28. The molecule has 0 aliphatic carbocycles. The molecule has 0 spiro atoms. The van der Waals surface area contributed by atoms with E-state index in [9.17, 15) is 4.79 Å². The zero-order chi connectivity index (χ0) is 20.6. The van der Waals surface area contributed by atoms with E-state index in [0.29, 0.717) is 18.0 Å². The van der Waals surface area contributed by atoms with E-state index in [0.717, 1.165) is 49.7 Å². The van der Waals surface area contributed by atoms with Gasteiger partial charge in [-0.05, 0) is 36.4 Å². The third kappa shape index (κ3) is 5.60. The third-order valence-electron chi connectivity index (χ3n) is 5.28. The number of amides is 1. The van der Waals surface area contributed by atoms with Crippen molar-refractivity contribution in [2.75, 3.05) is 51.8 Å². The van der Waals surface area contributed by atoms with E-state index in [1.165, 1.54) is 0 Å². The van der Waals surface area contributed by atoms with Gasteiger partial charge in [0.25, 0.3) is 0 Å². The first-order valence-corrected chi connectivity index (χ1v) is 10.0. The van der Waals surface area contributed by atoms with Crippen molar-refractivity contribution in [2.45, 2.75) is 19.9 Å². The fraction of sp³-hybridized carbons (Fsp3) is 0.455. The topological polar surface area (TPSA) is 66.9 Å². The lowest BCUT2D eigenvalue weighted by atomic mass is 10.1. The summed E-state index contributed by atoms with van der Waals surface area (Å²) in [5.41, 5.74) is 1.77. The van der Waals surface area contributed by atoms with Gasteiger partial charge in [-0.25, -0.2) is 4.98 Å². The number of anilines is 1. The van der Waals surface area contributed by atoms with E-state index in [2.05, 4.69) is 27.0 Å². The molecule has 1 N–H and O–H groups in total. The van der Waals surface area contributed by atoms with E-state index < -0.39 is 0 Å². The minimum atomic E-state index is -0.0729. The van der Waals surface area contributed by atoms with E-state index in [1.54, 1.807) is 14.2 Å². The minimum absolute atomic E-state index is 0.0729. The number of hydrogen-bond donors (Lipinski definition) is 1. The van der Waals surface area contributed by atoms with Crippen LogP contribution in [-0.2, 0) is 17.8 Å². The summed E-state index contributed by atoms with van der Waals surface area (Å²) in [4.78, 5) is 21.7. The van der Waals surface area contributed by atoms with Crippen LogP contribution in [0.15, 0.2) is 36.5 Å². The van der Waals surface area contributed by atoms with Gasteiger partial charge in [-0.2, -0.15) is 0 Å². The summed E-state index contributed by atoms with van der Waals surface area (Å²) in [7, 11) is 3.20. The van der Waals surface area contributed by atoms with E-state index in [4.69, 9.17) is 9.47 Å². The van der Waals surface area contributed by atoms with Crippen molar-refractivity contribution in [2.24, 2.45) is 0 Å². The highest BCUT2D eigenvalue weighted by Gasteiger charge is 2.16. The Bertz CT molecular complexity index is 802. The summed E-state index contributed by atoms with van der Waals surface area (Å²) in [6.45, 7) is 7.89. The van der Waals surface area contributed by atoms with Gasteiger partial charge < -0.3 is 24.6 Å². The summed E-state index contributed by atoms with van der Waals surface area (Å²) in [5, 5.41) is 2.95. The van der Waals surface area contributed by atoms with Crippen molar-refractivity contribution in [3.63, 3.8) is 0 Å². The standard InChI is InChI=1S/C22H30N4O3/c1-4-25-9-11-26(12-10-25)21-8-5-17(15-23-21)16-24-22(27)14-18-13-19(28-2)6-7-20(18)29-3/h5-8,13,15H,4,9-12,14,16H2,1-3H3,(H,24,27). The van der Waals surface area contributed by atoms with Crippen LogP contribution in [0.2, 0.25) is 0 Å². The molecule has 1 saturated heterocycles. The molecule has 0 unspecified atom stereocenters. The number of aromatic nitrogens is 1. The van der Waals surface area contributed by atoms with Crippen LogP contribution in [0, 0.1) is 0 Å². The number of methoxy groups -OCH3 is 2. The second kappa shape index (κ2) is 10.1. The maximum absolute atomic E-state index is 12.4. The van der Waals surface area contributed by atoms with Crippen LogP contribution in [0.5, 0.6) is 11.5 Å². The van der Waals surface area contributed by atoms with Crippen molar-refractivity contribution in [1.82, 2.24) is 15.2 Å². The highest BCUT2D eigenvalue weighted by molar-refractivity contribution is 5.79. The molecule has 1 aliphatic rings. The molecule has 1 aromatic heterocycles. The van der Waals surface area contributed by atoms with E-state index in [1.807, 2.05) is 36.5 Å². The van der Waals surface area contributed by atoms with Crippen molar-refractivity contribution in [3.05, 3.63) is 47.7 Å². The van der Waals surface area contributed by atoms with Gasteiger partial charge in [0.2, 0.25) is 5.91 Å². The minimum Gasteiger partial charge on any atom is -0.497 e. The van der Waals surface area contributed by atoms with Gasteiger partial charge in [0.1, 0.15) is 17.3 Å². The predicted molar refractivity (Wildman–Crippen MR) is 114 cm³/mol. The number of nitrogens with zero attached hydrogens (tertiary/aromatic N) is 3. The van der Waals surface area contributed by atoms with Crippen LogP contribution >= 0.6 is 0 Å². The highest BCUT2D eigenvalue weighted by atomic mass is 16.5. The molecule has 7 nitrogen and oxygen atoms in total. The number of carbonyl (C=O) groups is 1. The molecule has 1 amide bonds. The number of pyridine rings is 1. The SMILES string of the molecule is CCN1CCN(c2ccc(CNC(=O)Cc3cc(OC)ccc3OC)cn2)CC1. The van der Waals surface area contributed by atoms with Gasteiger partial charge in [0.05, 0.1) is 20.6 Å². The molecule has 156 valence electrons. The Morgan fingerprint density at radius 2 is 1.90 bits per heavy atom. The number of benzene rings is 1. The molecule has 2 heterocycles. The number of carbonyl (C=O) groups excluding carboxylic acids is 1. The molecule has 0 atom stereocenters. The lowest BCUT2D eigenvalue weighted by molar-refractivity contribution is -0.120. The molecule has 1 aromatic carbocycles. The number of piperazine rings is 1. The van der Waals surface area contributed by atoms with Crippen LogP contribution in [0.4, 0.5) is 5.82 Å². The molecule has 29 heavy (non-hydrogen) atoms. The Morgan fingerprint density at radius 3 is 2.52 bits per heavy atom. The fourth-order valence-corrected chi connectivity index (χ4v) is 3.46. The van der Waals surface area contributed by atoms with Gasteiger partial charge in [-0.15, -0.1) is 0 Å². The van der Waals surface area contributed by atoms with Crippen LogP contribution in [-0.4, -0.2) is 62.7 Å². The second-order valence-electron chi connectivity index (χ2n) is 7.08. The van der Waals surface area contributed by atoms with Gasteiger partial charge in [0, 0.05) is 44.5 Å². The fourth-order valence-electron chi connectivity index (χ4n) is 3.46. The van der Waals surface area contributed by atoms with Crippen LogP contribution in [0.3, 0.4) is 0 Å². The van der Waals surface area contributed by atoms with Crippen LogP contribution < -0.4 is 19.7 Å².